The predicted octanol–water partition coefficient (Wildman–Crippen LogP) is 1.97. The van der Waals surface area contributed by atoms with E-state index < -0.39 is 0 Å². The number of hydrogen-bond donors (Lipinski definition) is 1. The Balaban J connectivity index is 2.04. The fourth-order valence-electron chi connectivity index (χ4n) is 1.96. The number of aromatic nitrogens is 1. The summed E-state index contributed by atoms with van der Waals surface area (Å²) >= 11 is 1.50. The lowest BCUT2D eigenvalue weighted by molar-refractivity contribution is -0.00657. The van der Waals surface area contributed by atoms with E-state index in [2.05, 4.69) is 15.1 Å². The average Bonchev–Trinajstić information content (AvgIpc) is 2.74. The largest absolute Gasteiger partial charge is 0.376 e. The van der Waals surface area contributed by atoms with Gasteiger partial charge in [0.1, 0.15) is 0 Å². The molecule has 0 saturated carbocycles. The molecule has 0 amide bonds. The molecule has 4 heteroatoms. The molecule has 0 bridgehead atoms. The Hall–Kier alpha value is -0.450. The lowest BCUT2D eigenvalue weighted by Gasteiger charge is -2.29. The van der Waals surface area contributed by atoms with E-state index in [0.29, 0.717) is 12.1 Å². The minimum atomic E-state index is 0.314. The third-order valence-corrected chi connectivity index (χ3v) is 3.31. The standard InChI is InChI=1S/C10H16N2OS/c1-11-10(8-6-12-14-7-8)9-4-2-3-5-13-9/h6-7,9-11H,2-5H2,1H3. The van der Waals surface area contributed by atoms with E-state index in [4.69, 9.17) is 4.74 Å². The summed E-state index contributed by atoms with van der Waals surface area (Å²) in [6, 6.07) is 0.314. The maximum atomic E-state index is 5.77. The predicted molar refractivity (Wildman–Crippen MR) is 57.5 cm³/mol. The van der Waals surface area contributed by atoms with Crippen molar-refractivity contribution < 1.29 is 4.74 Å². The van der Waals surface area contributed by atoms with Crippen LogP contribution < -0.4 is 5.32 Å². The lowest BCUT2D eigenvalue weighted by atomic mass is 9.98. The van der Waals surface area contributed by atoms with E-state index in [9.17, 15) is 0 Å². The number of rotatable bonds is 3. The number of hydrogen-bond acceptors (Lipinski definition) is 4. The summed E-state index contributed by atoms with van der Waals surface area (Å²) in [5, 5.41) is 5.41. The van der Waals surface area contributed by atoms with Gasteiger partial charge in [0.2, 0.25) is 0 Å². The van der Waals surface area contributed by atoms with Gasteiger partial charge in [0.15, 0.2) is 0 Å². The molecule has 3 nitrogen and oxygen atoms in total. The van der Waals surface area contributed by atoms with Crippen molar-refractivity contribution in [2.24, 2.45) is 0 Å². The Bertz CT molecular complexity index is 257. The van der Waals surface area contributed by atoms with Gasteiger partial charge >= 0.3 is 0 Å². The number of ether oxygens (including phenoxy) is 1. The number of nitrogens with one attached hydrogen (secondary N) is 1. The van der Waals surface area contributed by atoms with Crippen LogP contribution in [0.15, 0.2) is 11.6 Å². The van der Waals surface area contributed by atoms with E-state index in [-0.39, 0.29) is 0 Å². The van der Waals surface area contributed by atoms with Crippen LogP contribution in [-0.2, 0) is 4.74 Å². The van der Waals surface area contributed by atoms with Gasteiger partial charge in [0, 0.05) is 23.7 Å². The second-order valence-corrected chi connectivity index (χ2v) is 4.29. The van der Waals surface area contributed by atoms with Gasteiger partial charge in [-0.25, -0.2) is 4.37 Å². The molecule has 1 saturated heterocycles. The van der Waals surface area contributed by atoms with Crippen LogP contribution in [-0.4, -0.2) is 24.1 Å². The van der Waals surface area contributed by atoms with Crippen LogP contribution in [0.4, 0.5) is 0 Å². The van der Waals surface area contributed by atoms with Crippen LogP contribution in [0.3, 0.4) is 0 Å². The highest BCUT2D eigenvalue weighted by molar-refractivity contribution is 7.03. The first-order valence-electron chi connectivity index (χ1n) is 5.10. The quantitative estimate of drug-likeness (QED) is 0.832. The van der Waals surface area contributed by atoms with Gasteiger partial charge in [-0.05, 0) is 37.8 Å². The highest BCUT2D eigenvalue weighted by Gasteiger charge is 2.24. The Morgan fingerprint density at radius 1 is 1.64 bits per heavy atom. The van der Waals surface area contributed by atoms with E-state index >= 15 is 0 Å². The third kappa shape index (κ3) is 2.13. The van der Waals surface area contributed by atoms with E-state index in [1.807, 2.05) is 13.2 Å². The monoisotopic (exact) mass is 212 g/mol. The molecule has 0 aliphatic carbocycles. The second kappa shape index (κ2) is 4.87. The van der Waals surface area contributed by atoms with Crippen LogP contribution in [0.2, 0.25) is 0 Å². The van der Waals surface area contributed by atoms with Gasteiger partial charge in [0.25, 0.3) is 0 Å². The van der Waals surface area contributed by atoms with Crippen LogP contribution in [0, 0.1) is 0 Å². The summed E-state index contributed by atoms with van der Waals surface area (Å²) in [5.74, 6) is 0. The van der Waals surface area contributed by atoms with Crippen LogP contribution in [0.5, 0.6) is 0 Å². The Morgan fingerprint density at radius 3 is 3.14 bits per heavy atom. The first-order valence-corrected chi connectivity index (χ1v) is 5.93. The Morgan fingerprint density at radius 2 is 2.57 bits per heavy atom. The molecule has 0 spiro atoms. The highest BCUT2D eigenvalue weighted by atomic mass is 32.1. The highest BCUT2D eigenvalue weighted by Crippen LogP contribution is 2.26. The molecular weight excluding hydrogens is 196 g/mol. The zero-order valence-electron chi connectivity index (χ0n) is 8.40. The maximum absolute atomic E-state index is 5.77. The molecule has 2 unspecified atom stereocenters. The fraction of sp³-hybridized carbons (Fsp3) is 0.700. The van der Waals surface area contributed by atoms with Gasteiger partial charge in [-0.15, -0.1) is 0 Å². The topological polar surface area (TPSA) is 34.2 Å². The van der Waals surface area contributed by atoms with Gasteiger partial charge in [0.05, 0.1) is 12.1 Å². The molecule has 2 rings (SSSR count). The third-order valence-electron chi connectivity index (χ3n) is 2.71. The number of nitrogens with zero attached hydrogens (tertiary/aromatic N) is 1. The van der Waals surface area contributed by atoms with Crippen molar-refractivity contribution >= 4 is 11.5 Å². The molecule has 1 N–H and O–H groups in total. The molecule has 14 heavy (non-hydrogen) atoms. The minimum absolute atomic E-state index is 0.314. The van der Waals surface area contributed by atoms with Crippen molar-refractivity contribution in [3.8, 4) is 0 Å². The lowest BCUT2D eigenvalue weighted by Crippen LogP contribution is -2.33. The molecule has 1 aromatic heterocycles. The van der Waals surface area contributed by atoms with E-state index in [1.165, 1.54) is 29.9 Å². The van der Waals surface area contributed by atoms with Crippen molar-refractivity contribution in [2.45, 2.75) is 31.4 Å². The molecule has 1 aliphatic heterocycles. The van der Waals surface area contributed by atoms with Crippen LogP contribution in [0.1, 0.15) is 30.9 Å². The van der Waals surface area contributed by atoms with E-state index in [0.717, 1.165) is 13.0 Å². The van der Waals surface area contributed by atoms with Crippen molar-refractivity contribution in [2.75, 3.05) is 13.7 Å². The molecule has 2 atom stereocenters. The molecule has 78 valence electrons. The van der Waals surface area contributed by atoms with Gasteiger partial charge in [-0.3, -0.25) is 0 Å². The molecule has 0 radical (unpaired) electrons. The molecule has 2 heterocycles. The SMILES string of the molecule is CNC(c1cnsc1)C1CCCCO1. The van der Waals surface area contributed by atoms with Crippen molar-refractivity contribution in [3.63, 3.8) is 0 Å². The molecule has 0 aromatic carbocycles. The molecule has 1 aromatic rings. The minimum Gasteiger partial charge on any atom is -0.376 e. The normalized spacial score (nSPS) is 24.8. The van der Waals surface area contributed by atoms with E-state index in [1.54, 1.807) is 0 Å². The van der Waals surface area contributed by atoms with Crippen molar-refractivity contribution in [1.82, 2.24) is 9.69 Å². The molecule has 1 fully saturated rings. The summed E-state index contributed by atoms with van der Waals surface area (Å²) in [7, 11) is 1.99. The van der Waals surface area contributed by atoms with Crippen LogP contribution >= 0.6 is 11.5 Å². The summed E-state index contributed by atoms with van der Waals surface area (Å²) in [6.07, 6.45) is 5.89. The first kappa shape index (κ1) is 10.1. The average molecular weight is 212 g/mol. The zero-order chi connectivity index (χ0) is 9.80. The van der Waals surface area contributed by atoms with Crippen molar-refractivity contribution in [3.05, 3.63) is 17.1 Å². The Kier molecular flexibility index (Phi) is 3.50. The summed E-state index contributed by atoms with van der Waals surface area (Å²) in [4.78, 5) is 0. The second-order valence-electron chi connectivity index (χ2n) is 3.63. The van der Waals surface area contributed by atoms with Gasteiger partial charge in [-0.2, -0.15) is 0 Å². The fourth-order valence-corrected chi connectivity index (χ4v) is 2.53. The molecule has 1 aliphatic rings. The summed E-state index contributed by atoms with van der Waals surface area (Å²) < 4.78 is 9.90. The van der Waals surface area contributed by atoms with Crippen molar-refractivity contribution in [1.29, 1.82) is 0 Å². The first-order chi connectivity index (χ1) is 6.92. The smallest absolute Gasteiger partial charge is 0.0770 e. The summed E-state index contributed by atoms with van der Waals surface area (Å²) in [5.41, 5.74) is 1.25. The maximum Gasteiger partial charge on any atom is 0.0770 e. The van der Waals surface area contributed by atoms with Crippen LogP contribution in [0.25, 0.3) is 0 Å². The Labute approximate surface area is 88.6 Å². The van der Waals surface area contributed by atoms with Gasteiger partial charge in [-0.1, -0.05) is 0 Å². The summed E-state index contributed by atoms with van der Waals surface area (Å²) in [6.45, 7) is 0.903. The number of likely N-dealkylation sites (N-methyl/N-ethyl adjacent to an activating group) is 1. The van der Waals surface area contributed by atoms with Gasteiger partial charge < -0.3 is 10.1 Å². The zero-order valence-corrected chi connectivity index (χ0v) is 9.22. The molecular formula is C10H16N2OS.